The third kappa shape index (κ3) is 11.7. The van der Waals surface area contributed by atoms with Crippen molar-refractivity contribution in [2.24, 2.45) is 0 Å². The van der Waals surface area contributed by atoms with E-state index in [1.807, 2.05) is 11.8 Å². The van der Waals surface area contributed by atoms with Gasteiger partial charge in [-0.1, -0.05) is 67.7 Å². The second-order valence-electron chi connectivity index (χ2n) is 10.4. The van der Waals surface area contributed by atoms with Crippen molar-refractivity contribution in [2.75, 3.05) is 20.2 Å². The fourth-order valence-electron chi connectivity index (χ4n) is 4.67. The molecule has 0 aromatic carbocycles. The van der Waals surface area contributed by atoms with Crippen LogP contribution in [0.4, 0.5) is 0 Å². The molecule has 40 heavy (non-hydrogen) atoms. The van der Waals surface area contributed by atoms with Gasteiger partial charge in [-0.2, -0.15) is 0 Å². The van der Waals surface area contributed by atoms with Gasteiger partial charge in [0.2, 0.25) is 12.1 Å². The van der Waals surface area contributed by atoms with Crippen molar-refractivity contribution in [1.82, 2.24) is 15.2 Å². The maximum atomic E-state index is 13.0. The summed E-state index contributed by atoms with van der Waals surface area (Å²) in [5, 5.41) is 2.99. The first-order valence-electron chi connectivity index (χ1n) is 14.7. The Morgan fingerprint density at radius 1 is 1.02 bits per heavy atom. The molecule has 0 spiro atoms. The van der Waals surface area contributed by atoms with Crippen LogP contribution >= 0.6 is 0 Å². The van der Waals surface area contributed by atoms with Crippen molar-refractivity contribution in [3.63, 3.8) is 0 Å². The molecular formula is C33H49N4O3+. The van der Waals surface area contributed by atoms with Gasteiger partial charge in [0.05, 0.1) is 5.54 Å². The molecule has 2 heterocycles. The minimum Gasteiger partial charge on any atom is -0.344 e. The van der Waals surface area contributed by atoms with Gasteiger partial charge in [-0.3, -0.25) is 14.4 Å². The lowest BCUT2D eigenvalue weighted by Crippen LogP contribution is -2.54. The number of nitrogens with zero attached hydrogens (tertiary/aromatic N) is 3. The number of rotatable bonds is 17. The Kier molecular flexibility index (Phi) is 15.3. The molecule has 1 aliphatic heterocycles. The highest BCUT2D eigenvalue weighted by Gasteiger charge is 2.40. The van der Waals surface area contributed by atoms with Crippen LogP contribution in [0.15, 0.2) is 73.2 Å². The van der Waals surface area contributed by atoms with E-state index in [9.17, 15) is 9.59 Å². The molecule has 218 valence electrons. The fraction of sp³-hybridized carbons (Fsp3) is 0.515. The molecule has 2 rings (SSSR count). The largest absolute Gasteiger partial charge is 0.344 e. The van der Waals surface area contributed by atoms with Crippen LogP contribution < -0.4 is 14.9 Å². The third-order valence-corrected chi connectivity index (χ3v) is 6.96. The lowest BCUT2D eigenvalue weighted by Gasteiger charge is -2.35. The molecule has 1 aromatic rings. The first-order chi connectivity index (χ1) is 19.4. The summed E-state index contributed by atoms with van der Waals surface area (Å²) in [6, 6.07) is 0. The summed E-state index contributed by atoms with van der Waals surface area (Å²) < 4.78 is 1.41. The standard InChI is InChI=1S/C33H48N4O3/c1-5-6-7-8-9-10-11-12-13-14-15-16-17-18-19-20-21-23-31(38)36-25-22-24-33(36,3)28-35-32(39)30-26-34-29(2)27-37(30)40-4/h6-7,9-10,12-13,15-16,18-19,26-27H,5,8,11,14,17,20-25,28H2,1-4H3/p+1. The molecule has 1 saturated heterocycles. The summed E-state index contributed by atoms with van der Waals surface area (Å²) in [6.45, 7) is 7.17. The number of aryl methyl sites for hydroxylation is 1. The van der Waals surface area contributed by atoms with Gasteiger partial charge in [0.15, 0.2) is 0 Å². The van der Waals surface area contributed by atoms with Crippen LogP contribution in [0.2, 0.25) is 0 Å². The van der Waals surface area contributed by atoms with E-state index >= 15 is 0 Å². The Morgan fingerprint density at radius 3 is 2.23 bits per heavy atom. The van der Waals surface area contributed by atoms with Crippen LogP contribution in [0, 0.1) is 6.92 Å². The zero-order valence-electron chi connectivity index (χ0n) is 25.0. The summed E-state index contributed by atoms with van der Waals surface area (Å²) in [4.78, 5) is 37.2. The van der Waals surface area contributed by atoms with E-state index in [4.69, 9.17) is 4.84 Å². The van der Waals surface area contributed by atoms with E-state index in [-0.39, 0.29) is 17.4 Å². The van der Waals surface area contributed by atoms with Gasteiger partial charge in [-0.05, 0) is 71.6 Å². The van der Waals surface area contributed by atoms with Crippen molar-refractivity contribution >= 4 is 11.8 Å². The number of allylic oxidation sites excluding steroid dienone is 10. The number of amides is 2. The number of aromatic nitrogens is 2. The molecule has 1 aliphatic rings. The van der Waals surface area contributed by atoms with Gasteiger partial charge in [0.25, 0.3) is 0 Å². The third-order valence-electron chi connectivity index (χ3n) is 6.96. The van der Waals surface area contributed by atoms with Crippen molar-refractivity contribution in [2.45, 2.75) is 90.5 Å². The van der Waals surface area contributed by atoms with Crippen molar-refractivity contribution in [1.29, 1.82) is 0 Å². The zero-order valence-corrected chi connectivity index (χ0v) is 25.0. The second kappa shape index (κ2) is 18.7. The molecule has 1 atom stereocenters. The lowest BCUT2D eigenvalue weighted by atomic mass is 9.98. The van der Waals surface area contributed by atoms with Gasteiger partial charge in [-0.15, -0.1) is 0 Å². The van der Waals surface area contributed by atoms with Gasteiger partial charge in [-0.25, -0.2) is 4.98 Å². The molecule has 1 aromatic heterocycles. The molecule has 1 N–H and O–H groups in total. The molecule has 0 bridgehead atoms. The van der Waals surface area contributed by atoms with Crippen LogP contribution in [-0.4, -0.2) is 47.4 Å². The van der Waals surface area contributed by atoms with Gasteiger partial charge in [0, 0.05) is 24.2 Å². The Balaban J connectivity index is 1.65. The number of nitrogens with one attached hydrogen (secondary N) is 1. The lowest BCUT2D eigenvalue weighted by molar-refractivity contribution is -0.887. The van der Waals surface area contributed by atoms with E-state index in [2.05, 4.69) is 84.9 Å². The summed E-state index contributed by atoms with van der Waals surface area (Å²) in [7, 11) is 1.51. The predicted octanol–water partition coefficient (Wildman–Crippen LogP) is 5.77. The summed E-state index contributed by atoms with van der Waals surface area (Å²) in [6.07, 6.45) is 34.1. The smallest absolute Gasteiger partial charge is 0.339 e. The molecule has 2 amide bonds. The van der Waals surface area contributed by atoms with Crippen molar-refractivity contribution < 1.29 is 19.2 Å². The average Bonchev–Trinajstić information content (AvgIpc) is 3.34. The Morgan fingerprint density at radius 2 is 1.62 bits per heavy atom. The van der Waals surface area contributed by atoms with Gasteiger partial charge >= 0.3 is 11.6 Å². The second-order valence-corrected chi connectivity index (χ2v) is 10.4. The topological polar surface area (TPSA) is 75.4 Å². The van der Waals surface area contributed by atoms with E-state index in [1.54, 1.807) is 6.20 Å². The van der Waals surface area contributed by atoms with Gasteiger partial charge < -0.3 is 10.2 Å². The SMILES string of the molecule is CCC=CCC=CCC=CCC=CCC=CCCCC(=O)N1CCCC1(C)CNC(=O)c1cnc(C)c[n+]1OC. The van der Waals surface area contributed by atoms with Crippen LogP contribution in [-0.2, 0) is 4.79 Å². The maximum absolute atomic E-state index is 13.0. The maximum Gasteiger partial charge on any atom is 0.339 e. The molecule has 7 nitrogen and oxygen atoms in total. The number of hydrogen-bond donors (Lipinski definition) is 1. The van der Waals surface area contributed by atoms with Gasteiger partial charge in [0.1, 0.15) is 19.0 Å². The minimum absolute atomic E-state index is 0.158. The summed E-state index contributed by atoms with van der Waals surface area (Å²) >= 11 is 0. The molecule has 7 heteroatoms. The molecule has 1 fully saturated rings. The number of hydrogen-bond acceptors (Lipinski definition) is 4. The quantitative estimate of drug-likeness (QED) is 0.152. The Labute approximate surface area is 241 Å². The normalized spacial score (nSPS) is 17.9. The predicted molar refractivity (Wildman–Crippen MR) is 162 cm³/mol. The van der Waals surface area contributed by atoms with E-state index in [0.29, 0.717) is 18.7 Å². The number of carbonyl (C=O) groups is 2. The molecule has 0 aliphatic carbocycles. The van der Waals surface area contributed by atoms with Crippen LogP contribution in [0.25, 0.3) is 0 Å². The monoisotopic (exact) mass is 549 g/mol. The number of carbonyl (C=O) groups excluding carboxylic acids is 2. The van der Waals surface area contributed by atoms with Crippen molar-refractivity contribution in [3.8, 4) is 0 Å². The van der Waals surface area contributed by atoms with Crippen molar-refractivity contribution in [3.05, 3.63) is 84.5 Å². The first kappa shape index (κ1) is 32.7. The Bertz CT molecular complexity index is 1070. The Hall–Kier alpha value is -3.48. The molecule has 0 saturated carbocycles. The minimum atomic E-state index is -0.389. The van der Waals surface area contributed by atoms with Crippen LogP contribution in [0.1, 0.15) is 94.2 Å². The highest BCUT2D eigenvalue weighted by atomic mass is 16.6. The highest BCUT2D eigenvalue weighted by Crippen LogP contribution is 2.29. The molecular weight excluding hydrogens is 500 g/mol. The average molecular weight is 550 g/mol. The van der Waals surface area contributed by atoms with Crippen LogP contribution in [0.5, 0.6) is 0 Å². The number of likely N-dealkylation sites (tertiary alicyclic amines) is 1. The fourth-order valence-corrected chi connectivity index (χ4v) is 4.67. The van der Waals surface area contributed by atoms with E-state index in [1.165, 1.54) is 18.0 Å². The number of unbranched alkanes of at least 4 members (excludes halogenated alkanes) is 1. The molecule has 0 radical (unpaired) electrons. The zero-order chi connectivity index (χ0) is 29.1. The van der Waals surface area contributed by atoms with E-state index in [0.717, 1.165) is 70.0 Å². The summed E-state index contributed by atoms with van der Waals surface area (Å²) in [5.41, 5.74) is 0.687. The molecule has 1 unspecified atom stereocenters. The highest BCUT2D eigenvalue weighted by molar-refractivity contribution is 5.90. The van der Waals surface area contributed by atoms with E-state index < -0.39 is 0 Å². The first-order valence-corrected chi connectivity index (χ1v) is 14.7. The summed E-state index contributed by atoms with van der Waals surface area (Å²) in [5.74, 6) is -0.112. The van der Waals surface area contributed by atoms with Crippen LogP contribution in [0.3, 0.4) is 0 Å².